The van der Waals surface area contributed by atoms with E-state index in [4.69, 9.17) is 4.74 Å². The molecule has 0 amide bonds. The summed E-state index contributed by atoms with van der Waals surface area (Å²) in [4.78, 5) is 4.25. The van der Waals surface area contributed by atoms with Crippen molar-refractivity contribution in [2.24, 2.45) is 5.92 Å². The number of aromatic nitrogens is 1. The smallest absolute Gasteiger partial charge is 0.149 e. The lowest BCUT2D eigenvalue weighted by Crippen LogP contribution is -2.42. The molecular weight excluding hydrogens is 410 g/mol. The van der Waals surface area contributed by atoms with Crippen LogP contribution >= 0.6 is 0 Å². The second kappa shape index (κ2) is 10.6. The third-order valence-electron chi connectivity index (χ3n) is 6.43. The number of benzene rings is 1. The van der Waals surface area contributed by atoms with E-state index in [1.807, 2.05) is 0 Å². The van der Waals surface area contributed by atoms with E-state index in [0.717, 1.165) is 32.2 Å². The fourth-order valence-corrected chi connectivity index (χ4v) is 4.46. The van der Waals surface area contributed by atoms with Gasteiger partial charge in [0.2, 0.25) is 0 Å². The lowest BCUT2D eigenvalue weighted by molar-refractivity contribution is 0.161. The van der Waals surface area contributed by atoms with Crippen LogP contribution in [0.2, 0.25) is 0 Å². The fourth-order valence-electron chi connectivity index (χ4n) is 4.46. The zero-order valence-electron chi connectivity index (χ0n) is 19.0. The van der Waals surface area contributed by atoms with Crippen molar-refractivity contribution in [2.75, 3.05) is 30.9 Å². The number of pyridine rings is 1. The van der Waals surface area contributed by atoms with Gasteiger partial charge in [-0.2, -0.15) is 0 Å². The minimum absolute atomic E-state index is 0.306. The topological polar surface area (TPSA) is 58.2 Å². The Morgan fingerprint density at radius 2 is 1.78 bits per heavy atom. The van der Waals surface area contributed by atoms with E-state index < -0.39 is 5.82 Å². The van der Waals surface area contributed by atoms with Crippen LogP contribution in [0.4, 0.5) is 20.3 Å². The Bertz CT molecular complexity index is 898. The standard InChI is InChI=1S/C25H34F2N4O/c1-16(15-32-2)30-19-6-8-20(9-7-19)31-25-12-21(23(27)14-29-25)18-5-10-22(26)24(11-18)28-13-17-3-4-17/h5,10-12,14,16-17,19-20,28,30H,3-4,6-9,13,15H2,1-2H3,(H,29,31)/t16-,19?,20?/m0/s1. The molecule has 2 fully saturated rings. The highest BCUT2D eigenvalue weighted by atomic mass is 19.1. The van der Waals surface area contributed by atoms with Crippen molar-refractivity contribution in [3.05, 3.63) is 42.1 Å². The van der Waals surface area contributed by atoms with Gasteiger partial charge in [-0.05, 0) is 75.1 Å². The summed E-state index contributed by atoms with van der Waals surface area (Å²) >= 11 is 0. The zero-order chi connectivity index (χ0) is 22.5. The normalized spacial score (nSPS) is 21.9. The SMILES string of the molecule is COC[C@H](C)NC1CCC(Nc2cc(-c3ccc(F)c(NCC4CC4)c3)c(F)cn2)CC1. The van der Waals surface area contributed by atoms with Gasteiger partial charge in [0.1, 0.15) is 17.5 Å². The summed E-state index contributed by atoms with van der Waals surface area (Å²) in [5.41, 5.74) is 1.50. The van der Waals surface area contributed by atoms with Crippen molar-refractivity contribution in [3.8, 4) is 11.1 Å². The van der Waals surface area contributed by atoms with Gasteiger partial charge in [-0.3, -0.25) is 0 Å². The number of nitrogens with one attached hydrogen (secondary N) is 3. The zero-order valence-corrected chi connectivity index (χ0v) is 19.0. The van der Waals surface area contributed by atoms with Gasteiger partial charge in [0.15, 0.2) is 0 Å². The van der Waals surface area contributed by atoms with Crippen LogP contribution in [0.1, 0.15) is 45.4 Å². The van der Waals surface area contributed by atoms with Crippen LogP contribution in [0.5, 0.6) is 0 Å². The number of rotatable bonds is 10. The first-order valence-electron chi connectivity index (χ1n) is 11.7. The third kappa shape index (κ3) is 6.17. The van der Waals surface area contributed by atoms with E-state index in [-0.39, 0.29) is 5.82 Å². The molecular formula is C25H34F2N4O. The van der Waals surface area contributed by atoms with Crippen molar-refractivity contribution in [1.29, 1.82) is 0 Å². The number of halogens is 2. The first-order chi connectivity index (χ1) is 15.5. The lowest BCUT2D eigenvalue weighted by atomic mass is 9.90. The Labute approximate surface area is 189 Å². The van der Waals surface area contributed by atoms with Gasteiger partial charge in [0.25, 0.3) is 0 Å². The molecule has 2 aliphatic rings. The summed E-state index contributed by atoms with van der Waals surface area (Å²) in [6.07, 6.45) is 7.83. The summed E-state index contributed by atoms with van der Waals surface area (Å²) < 4.78 is 34.0. The summed E-state index contributed by atoms with van der Waals surface area (Å²) in [6.45, 7) is 3.61. The first-order valence-corrected chi connectivity index (χ1v) is 11.7. The molecule has 174 valence electrons. The largest absolute Gasteiger partial charge is 0.383 e. The minimum Gasteiger partial charge on any atom is -0.383 e. The van der Waals surface area contributed by atoms with E-state index in [9.17, 15) is 8.78 Å². The Morgan fingerprint density at radius 1 is 1.03 bits per heavy atom. The second-order valence-corrected chi connectivity index (χ2v) is 9.28. The van der Waals surface area contributed by atoms with Crippen molar-refractivity contribution >= 4 is 11.5 Å². The first kappa shape index (κ1) is 22.9. The van der Waals surface area contributed by atoms with Crippen LogP contribution in [-0.2, 0) is 4.74 Å². The quantitative estimate of drug-likeness (QED) is 0.470. The maximum Gasteiger partial charge on any atom is 0.149 e. The molecule has 0 aliphatic heterocycles. The second-order valence-electron chi connectivity index (χ2n) is 9.28. The Morgan fingerprint density at radius 3 is 2.50 bits per heavy atom. The summed E-state index contributed by atoms with van der Waals surface area (Å²) in [5.74, 6) is 0.560. The van der Waals surface area contributed by atoms with Crippen LogP contribution in [0.15, 0.2) is 30.5 Å². The molecule has 1 aromatic heterocycles. The highest BCUT2D eigenvalue weighted by Crippen LogP contribution is 2.32. The third-order valence-corrected chi connectivity index (χ3v) is 6.43. The van der Waals surface area contributed by atoms with Gasteiger partial charge in [0, 0.05) is 37.3 Å². The molecule has 5 nitrogen and oxygen atoms in total. The monoisotopic (exact) mass is 444 g/mol. The highest BCUT2D eigenvalue weighted by molar-refractivity contribution is 5.71. The molecule has 1 heterocycles. The summed E-state index contributed by atoms with van der Waals surface area (Å²) in [7, 11) is 1.72. The van der Waals surface area contributed by atoms with E-state index in [1.54, 1.807) is 25.3 Å². The van der Waals surface area contributed by atoms with E-state index >= 15 is 0 Å². The average Bonchev–Trinajstić information content (AvgIpc) is 3.61. The number of anilines is 2. The molecule has 2 aliphatic carbocycles. The van der Waals surface area contributed by atoms with Crippen molar-refractivity contribution in [3.63, 3.8) is 0 Å². The van der Waals surface area contributed by atoms with Gasteiger partial charge in [-0.25, -0.2) is 13.8 Å². The molecule has 2 aromatic rings. The molecule has 7 heteroatoms. The highest BCUT2D eigenvalue weighted by Gasteiger charge is 2.23. The average molecular weight is 445 g/mol. The molecule has 4 rings (SSSR count). The van der Waals surface area contributed by atoms with Crippen LogP contribution < -0.4 is 16.0 Å². The van der Waals surface area contributed by atoms with Gasteiger partial charge in [-0.15, -0.1) is 0 Å². The van der Waals surface area contributed by atoms with E-state index in [2.05, 4.69) is 27.9 Å². The number of methoxy groups -OCH3 is 1. The maximum absolute atomic E-state index is 14.6. The number of hydrogen-bond acceptors (Lipinski definition) is 5. The minimum atomic E-state index is -0.407. The molecule has 0 unspecified atom stereocenters. The van der Waals surface area contributed by atoms with Gasteiger partial charge in [0.05, 0.1) is 18.5 Å². The lowest BCUT2D eigenvalue weighted by Gasteiger charge is -2.31. The Hall–Kier alpha value is -2.25. The number of ether oxygens (including phenoxy) is 1. The molecule has 0 radical (unpaired) electrons. The van der Waals surface area contributed by atoms with E-state index in [0.29, 0.717) is 53.3 Å². The number of hydrogen-bond donors (Lipinski definition) is 3. The van der Waals surface area contributed by atoms with Gasteiger partial charge < -0.3 is 20.7 Å². The van der Waals surface area contributed by atoms with Crippen LogP contribution in [-0.4, -0.2) is 43.4 Å². The Kier molecular flexibility index (Phi) is 7.58. The molecule has 2 saturated carbocycles. The fraction of sp³-hybridized carbons (Fsp3) is 0.560. The van der Waals surface area contributed by atoms with Crippen LogP contribution in [0, 0.1) is 17.6 Å². The van der Waals surface area contributed by atoms with Crippen molar-refractivity contribution < 1.29 is 13.5 Å². The van der Waals surface area contributed by atoms with Crippen molar-refractivity contribution in [1.82, 2.24) is 10.3 Å². The maximum atomic E-state index is 14.6. The van der Waals surface area contributed by atoms with Gasteiger partial charge in [-0.1, -0.05) is 6.07 Å². The van der Waals surface area contributed by atoms with Crippen molar-refractivity contribution in [2.45, 2.75) is 63.6 Å². The number of nitrogens with zero attached hydrogens (tertiary/aromatic N) is 1. The molecule has 32 heavy (non-hydrogen) atoms. The summed E-state index contributed by atoms with van der Waals surface area (Å²) in [6, 6.07) is 7.59. The molecule has 1 aromatic carbocycles. The predicted molar refractivity (Wildman–Crippen MR) is 125 cm³/mol. The molecule has 0 saturated heterocycles. The molecule has 3 N–H and O–H groups in total. The van der Waals surface area contributed by atoms with Crippen LogP contribution in [0.25, 0.3) is 11.1 Å². The molecule has 1 atom stereocenters. The van der Waals surface area contributed by atoms with E-state index in [1.165, 1.54) is 25.1 Å². The predicted octanol–water partition coefficient (Wildman–Crippen LogP) is 5.20. The van der Waals surface area contributed by atoms with Gasteiger partial charge >= 0.3 is 0 Å². The summed E-state index contributed by atoms with van der Waals surface area (Å²) in [5, 5.41) is 10.3. The molecule has 0 spiro atoms. The molecule has 0 bridgehead atoms. The Balaban J connectivity index is 1.38. The van der Waals surface area contributed by atoms with Crippen LogP contribution in [0.3, 0.4) is 0 Å².